The van der Waals surface area contributed by atoms with Crippen LogP contribution in [0, 0.1) is 5.92 Å². The van der Waals surface area contributed by atoms with Crippen molar-refractivity contribution in [2.75, 3.05) is 18.5 Å². The number of hydrogen-bond donors (Lipinski definition) is 1. The van der Waals surface area contributed by atoms with Crippen molar-refractivity contribution in [1.29, 1.82) is 0 Å². The van der Waals surface area contributed by atoms with Crippen LogP contribution >= 0.6 is 11.6 Å². The first-order valence-corrected chi connectivity index (χ1v) is 5.39. The van der Waals surface area contributed by atoms with Crippen LogP contribution in [0.2, 0.25) is 5.02 Å². The fourth-order valence-corrected chi connectivity index (χ4v) is 1.60. The number of rotatable bonds is 4. The van der Waals surface area contributed by atoms with E-state index in [0.29, 0.717) is 16.6 Å². The molecule has 0 aliphatic carbocycles. The summed E-state index contributed by atoms with van der Waals surface area (Å²) < 4.78 is 0. The van der Waals surface area contributed by atoms with Crippen molar-refractivity contribution < 1.29 is 5.11 Å². The highest BCUT2D eigenvalue weighted by Crippen LogP contribution is 2.19. The van der Waals surface area contributed by atoms with E-state index in [1.165, 1.54) is 0 Å². The van der Waals surface area contributed by atoms with Crippen molar-refractivity contribution in [3.05, 3.63) is 22.8 Å². The van der Waals surface area contributed by atoms with Gasteiger partial charge in [-0.15, -0.1) is 0 Å². The average Bonchev–Trinajstić information content (AvgIpc) is 2.17. The largest absolute Gasteiger partial charge is 0.390 e. The maximum absolute atomic E-state index is 9.04. The molecule has 0 fully saturated rings. The quantitative estimate of drug-likeness (QED) is 0.859. The highest BCUT2D eigenvalue weighted by molar-refractivity contribution is 6.31. The first kappa shape index (κ1) is 12.3. The third-order valence-corrected chi connectivity index (χ3v) is 2.43. The van der Waals surface area contributed by atoms with Gasteiger partial charge in [0.2, 0.25) is 0 Å². The van der Waals surface area contributed by atoms with Crippen LogP contribution in [0.25, 0.3) is 0 Å². The highest BCUT2D eigenvalue weighted by atomic mass is 35.5. The summed E-state index contributed by atoms with van der Waals surface area (Å²) in [6.07, 6.45) is 0. The maximum atomic E-state index is 9.04. The summed E-state index contributed by atoms with van der Waals surface area (Å²) in [6.45, 7) is 5.11. The fraction of sp³-hybridized carbons (Fsp3) is 0.545. The van der Waals surface area contributed by atoms with Gasteiger partial charge in [0.1, 0.15) is 5.82 Å². The Bertz CT molecular complexity index is 328. The Morgan fingerprint density at radius 1 is 1.47 bits per heavy atom. The standard InChI is InChI=1S/C11H17ClN2O/c1-8(2)6-14(3)11-5-4-9(12)10(7-15)13-11/h4-5,8,15H,6-7H2,1-3H3. The third kappa shape index (κ3) is 3.36. The Morgan fingerprint density at radius 2 is 2.13 bits per heavy atom. The van der Waals surface area contributed by atoms with Gasteiger partial charge < -0.3 is 10.0 Å². The Balaban J connectivity index is 2.85. The molecule has 0 spiro atoms. The van der Waals surface area contributed by atoms with Crippen molar-refractivity contribution in [3.8, 4) is 0 Å². The number of aromatic nitrogens is 1. The number of anilines is 1. The Hall–Kier alpha value is -0.800. The predicted octanol–water partition coefficient (Wildman–Crippen LogP) is 2.32. The third-order valence-electron chi connectivity index (χ3n) is 2.08. The zero-order valence-corrected chi connectivity index (χ0v) is 10.1. The van der Waals surface area contributed by atoms with Gasteiger partial charge >= 0.3 is 0 Å². The van der Waals surface area contributed by atoms with Crippen molar-refractivity contribution in [2.24, 2.45) is 5.92 Å². The van der Waals surface area contributed by atoms with Gasteiger partial charge in [0, 0.05) is 13.6 Å². The summed E-state index contributed by atoms with van der Waals surface area (Å²) in [6, 6.07) is 3.64. The minimum atomic E-state index is -0.123. The van der Waals surface area contributed by atoms with E-state index in [9.17, 15) is 0 Å². The molecule has 4 heteroatoms. The van der Waals surface area contributed by atoms with E-state index in [2.05, 4.69) is 23.7 Å². The number of aliphatic hydroxyl groups excluding tert-OH is 1. The van der Waals surface area contributed by atoms with Crippen molar-refractivity contribution in [2.45, 2.75) is 20.5 Å². The molecule has 0 atom stereocenters. The summed E-state index contributed by atoms with van der Waals surface area (Å²) in [4.78, 5) is 6.34. The first-order valence-electron chi connectivity index (χ1n) is 5.02. The molecule has 0 saturated carbocycles. The molecule has 0 amide bonds. The van der Waals surface area contributed by atoms with Gasteiger partial charge in [-0.1, -0.05) is 25.4 Å². The van der Waals surface area contributed by atoms with Crippen LogP contribution in [0.15, 0.2) is 12.1 Å². The predicted molar refractivity (Wildman–Crippen MR) is 63.3 cm³/mol. The SMILES string of the molecule is CC(C)CN(C)c1ccc(Cl)c(CO)n1. The van der Waals surface area contributed by atoms with Gasteiger partial charge in [-0.05, 0) is 18.1 Å². The van der Waals surface area contributed by atoms with Gasteiger partial charge in [0.25, 0.3) is 0 Å². The molecule has 0 radical (unpaired) electrons. The lowest BCUT2D eigenvalue weighted by molar-refractivity contribution is 0.277. The molecule has 1 rings (SSSR count). The minimum Gasteiger partial charge on any atom is -0.390 e. The number of pyridine rings is 1. The smallest absolute Gasteiger partial charge is 0.128 e. The number of nitrogens with zero attached hydrogens (tertiary/aromatic N) is 2. The lowest BCUT2D eigenvalue weighted by Crippen LogP contribution is -2.23. The van der Waals surface area contributed by atoms with Crippen LogP contribution < -0.4 is 4.90 Å². The zero-order chi connectivity index (χ0) is 11.4. The number of hydrogen-bond acceptors (Lipinski definition) is 3. The molecule has 84 valence electrons. The van der Waals surface area contributed by atoms with Gasteiger partial charge in [0.05, 0.1) is 17.3 Å². The van der Waals surface area contributed by atoms with Crippen molar-refractivity contribution in [1.82, 2.24) is 4.98 Å². The molecule has 0 bridgehead atoms. The Labute approximate surface area is 95.7 Å². The highest BCUT2D eigenvalue weighted by Gasteiger charge is 2.07. The van der Waals surface area contributed by atoms with Crippen LogP contribution in [0.1, 0.15) is 19.5 Å². The van der Waals surface area contributed by atoms with E-state index in [4.69, 9.17) is 16.7 Å². The Morgan fingerprint density at radius 3 is 2.67 bits per heavy atom. The molecular formula is C11H17ClN2O. The maximum Gasteiger partial charge on any atom is 0.128 e. The van der Waals surface area contributed by atoms with Gasteiger partial charge in [-0.25, -0.2) is 4.98 Å². The minimum absolute atomic E-state index is 0.123. The monoisotopic (exact) mass is 228 g/mol. The van der Waals surface area contributed by atoms with E-state index in [-0.39, 0.29) is 6.61 Å². The molecule has 1 N–H and O–H groups in total. The lowest BCUT2D eigenvalue weighted by Gasteiger charge is -2.20. The second-order valence-corrected chi connectivity index (χ2v) is 4.44. The zero-order valence-electron chi connectivity index (χ0n) is 9.37. The molecule has 0 unspecified atom stereocenters. The summed E-state index contributed by atoms with van der Waals surface area (Å²) in [5.41, 5.74) is 0.532. The van der Waals surface area contributed by atoms with Crippen molar-refractivity contribution >= 4 is 17.4 Å². The molecule has 0 aromatic carbocycles. The molecule has 0 aliphatic heterocycles. The summed E-state index contributed by atoms with van der Waals surface area (Å²) in [5.74, 6) is 1.42. The molecule has 1 heterocycles. The molecule has 0 aliphatic rings. The fourth-order valence-electron chi connectivity index (χ4n) is 1.44. The average molecular weight is 229 g/mol. The van der Waals surface area contributed by atoms with E-state index in [1.807, 2.05) is 13.1 Å². The van der Waals surface area contributed by atoms with Gasteiger partial charge in [-0.3, -0.25) is 0 Å². The van der Waals surface area contributed by atoms with Gasteiger partial charge in [-0.2, -0.15) is 0 Å². The van der Waals surface area contributed by atoms with Crippen LogP contribution in [-0.4, -0.2) is 23.7 Å². The molecule has 0 saturated heterocycles. The molecular weight excluding hydrogens is 212 g/mol. The van der Waals surface area contributed by atoms with E-state index in [0.717, 1.165) is 12.4 Å². The van der Waals surface area contributed by atoms with Crippen LogP contribution in [0.5, 0.6) is 0 Å². The van der Waals surface area contributed by atoms with Crippen LogP contribution in [0.4, 0.5) is 5.82 Å². The number of halogens is 1. The summed E-state index contributed by atoms with van der Waals surface area (Å²) in [7, 11) is 1.98. The second kappa shape index (κ2) is 5.33. The van der Waals surface area contributed by atoms with Gasteiger partial charge in [0.15, 0.2) is 0 Å². The molecule has 1 aromatic rings. The molecule has 1 aromatic heterocycles. The first-order chi connectivity index (χ1) is 7.04. The van der Waals surface area contributed by atoms with Crippen LogP contribution in [0.3, 0.4) is 0 Å². The normalized spacial score (nSPS) is 10.8. The topological polar surface area (TPSA) is 36.4 Å². The second-order valence-electron chi connectivity index (χ2n) is 4.03. The number of aliphatic hydroxyl groups is 1. The van der Waals surface area contributed by atoms with E-state index < -0.39 is 0 Å². The van der Waals surface area contributed by atoms with E-state index in [1.54, 1.807) is 6.07 Å². The van der Waals surface area contributed by atoms with Crippen molar-refractivity contribution in [3.63, 3.8) is 0 Å². The lowest BCUT2D eigenvalue weighted by atomic mass is 10.2. The Kier molecular flexibility index (Phi) is 4.36. The van der Waals surface area contributed by atoms with Crippen LogP contribution in [-0.2, 0) is 6.61 Å². The summed E-state index contributed by atoms with van der Waals surface area (Å²) >= 11 is 5.87. The van der Waals surface area contributed by atoms with E-state index >= 15 is 0 Å². The molecule has 3 nitrogen and oxygen atoms in total. The molecule has 15 heavy (non-hydrogen) atoms. The summed E-state index contributed by atoms with van der Waals surface area (Å²) in [5, 5.41) is 9.55.